The van der Waals surface area contributed by atoms with Gasteiger partial charge in [0.05, 0.1) is 0 Å². The summed E-state index contributed by atoms with van der Waals surface area (Å²) in [6, 6.07) is 13.4. The summed E-state index contributed by atoms with van der Waals surface area (Å²) in [6.07, 6.45) is 4.29. The predicted octanol–water partition coefficient (Wildman–Crippen LogP) is 3.83. The SMILES string of the molecule is Nc1ccc(Oc2ccnc(NCC3CC3)n2)c2ccccc12. The third-order valence-electron chi connectivity index (χ3n) is 4.01. The number of benzene rings is 2. The molecule has 5 nitrogen and oxygen atoms in total. The van der Waals surface area contributed by atoms with Crippen molar-refractivity contribution >= 4 is 22.4 Å². The molecule has 0 spiro atoms. The fourth-order valence-electron chi connectivity index (χ4n) is 2.54. The number of nitrogens with one attached hydrogen (secondary N) is 1. The summed E-state index contributed by atoms with van der Waals surface area (Å²) in [5, 5.41) is 5.21. The number of nitrogens with zero attached hydrogens (tertiary/aromatic N) is 2. The van der Waals surface area contributed by atoms with Gasteiger partial charge in [0.25, 0.3) is 0 Å². The van der Waals surface area contributed by atoms with Gasteiger partial charge >= 0.3 is 0 Å². The maximum atomic E-state index is 6.03. The Hall–Kier alpha value is -2.82. The van der Waals surface area contributed by atoms with Crippen LogP contribution in [0.25, 0.3) is 10.8 Å². The van der Waals surface area contributed by atoms with Crippen LogP contribution >= 0.6 is 0 Å². The van der Waals surface area contributed by atoms with Crippen molar-refractivity contribution in [3.8, 4) is 11.6 Å². The summed E-state index contributed by atoms with van der Waals surface area (Å²) in [5.41, 5.74) is 6.76. The first-order chi connectivity index (χ1) is 11.3. The molecule has 4 rings (SSSR count). The van der Waals surface area contributed by atoms with Gasteiger partial charge in [0, 0.05) is 35.3 Å². The number of rotatable bonds is 5. The number of ether oxygens (including phenoxy) is 1. The van der Waals surface area contributed by atoms with Crippen molar-refractivity contribution in [3.05, 3.63) is 48.7 Å². The summed E-state index contributed by atoms with van der Waals surface area (Å²) in [7, 11) is 0. The van der Waals surface area contributed by atoms with Gasteiger partial charge in [-0.15, -0.1) is 0 Å². The van der Waals surface area contributed by atoms with Crippen LogP contribution in [0.1, 0.15) is 12.8 Å². The number of nitrogen functional groups attached to an aromatic ring is 1. The van der Waals surface area contributed by atoms with Crippen LogP contribution in [0.15, 0.2) is 48.7 Å². The molecule has 0 radical (unpaired) electrons. The zero-order valence-corrected chi connectivity index (χ0v) is 12.7. The maximum Gasteiger partial charge on any atom is 0.225 e. The largest absolute Gasteiger partial charge is 0.438 e. The normalized spacial score (nSPS) is 13.9. The van der Waals surface area contributed by atoms with E-state index in [4.69, 9.17) is 10.5 Å². The predicted molar refractivity (Wildman–Crippen MR) is 91.7 cm³/mol. The van der Waals surface area contributed by atoms with Crippen LogP contribution in [0, 0.1) is 5.92 Å². The molecule has 23 heavy (non-hydrogen) atoms. The Balaban J connectivity index is 1.60. The van der Waals surface area contributed by atoms with Crippen molar-refractivity contribution in [2.24, 2.45) is 5.92 Å². The van der Waals surface area contributed by atoms with Gasteiger partial charge in [0.2, 0.25) is 11.8 Å². The highest BCUT2D eigenvalue weighted by Crippen LogP contribution is 2.33. The summed E-state index contributed by atoms with van der Waals surface area (Å²) in [5.74, 6) is 2.63. The van der Waals surface area contributed by atoms with Gasteiger partial charge in [0.15, 0.2) is 0 Å². The molecule has 0 amide bonds. The Morgan fingerprint density at radius 1 is 1.09 bits per heavy atom. The highest BCUT2D eigenvalue weighted by molar-refractivity contribution is 5.97. The second-order valence-corrected chi connectivity index (χ2v) is 5.84. The second kappa shape index (κ2) is 5.76. The molecule has 0 saturated heterocycles. The highest BCUT2D eigenvalue weighted by atomic mass is 16.5. The Bertz CT molecular complexity index is 845. The van der Waals surface area contributed by atoms with E-state index in [0.29, 0.717) is 11.8 Å². The minimum absolute atomic E-state index is 0.522. The zero-order valence-electron chi connectivity index (χ0n) is 12.7. The smallest absolute Gasteiger partial charge is 0.225 e. The number of hydrogen-bond acceptors (Lipinski definition) is 5. The van der Waals surface area contributed by atoms with E-state index in [9.17, 15) is 0 Å². The number of fused-ring (bicyclic) bond motifs is 1. The topological polar surface area (TPSA) is 73.1 Å². The van der Waals surface area contributed by atoms with Crippen LogP contribution in [-0.2, 0) is 0 Å². The van der Waals surface area contributed by atoms with E-state index in [0.717, 1.165) is 34.7 Å². The average Bonchev–Trinajstić information content (AvgIpc) is 3.41. The summed E-state index contributed by atoms with van der Waals surface area (Å²) in [4.78, 5) is 8.66. The fraction of sp³-hybridized carbons (Fsp3) is 0.222. The molecule has 3 aromatic rings. The van der Waals surface area contributed by atoms with E-state index in [1.54, 1.807) is 12.3 Å². The lowest BCUT2D eigenvalue weighted by Gasteiger charge is -2.10. The van der Waals surface area contributed by atoms with Crippen molar-refractivity contribution in [2.45, 2.75) is 12.8 Å². The number of anilines is 2. The molecule has 0 unspecified atom stereocenters. The summed E-state index contributed by atoms with van der Waals surface area (Å²) >= 11 is 0. The fourth-order valence-corrected chi connectivity index (χ4v) is 2.54. The minimum atomic E-state index is 0.522. The molecule has 1 saturated carbocycles. The average molecular weight is 306 g/mol. The lowest BCUT2D eigenvalue weighted by Crippen LogP contribution is -2.06. The van der Waals surface area contributed by atoms with Gasteiger partial charge in [0.1, 0.15) is 5.75 Å². The number of hydrogen-bond donors (Lipinski definition) is 2. The standard InChI is InChI=1S/C18H18N4O/c19-15-7-8-16(14-4-2-1-3-13(14)15)23-17-9-10-20-18(22-17)21-11-12-5-6-12/h1-4,7-10,12H,5-6,11,19H2,(H,20,21,22). The van der Waals surface area contributed by atoms with Gasteiger partial charge in [-0.05, 0) is 30.9 Å². The number of nitrogens with two attached hydrogens (primary N) is 1. The third kappa shape index (κ3) is 3.04. The molecule has 0 aliphatic heterocycles. The van der Waals surface area contributed by atoms with E-state index in [2.05, 4.69) is 15.3 Å². The van der Waals surface area contributed by atoms with E-state index in [-0.39, 0.29) is 0 Å². The van der Waals surface area contributed by atoms with Crippen molar-refractivity contribution < 1.29 is 4.74 Å². The molecule has 2 aromatic carbocycles. The molecule has 0 bridgehead atoms. The van der Waals surface area contributed by atoms with Crippen LogP contribution in [0.5, 0.6) is 11.6 Å². The van der Waals surface area contributed by atoms with Gasteiger partial charge in [-0.3, -0.25) is 0 Å². The molecule has 1 aromatic heterocycles. The van der Waals surface area contributed by atoms with Gasteiger partial charge in [-0.25, -0.2) is 4.98 Å². The molecular weight excluding hydrogens is 288 g/mol. The van der Waals surface area contributed by atoms with E-state index in [1.807, 2.05) is 36.4 Å². The Morgan fingerprint density at radius 3 is 2.74 bits per heavy atom. The Labute approximate surface area is 134 Å². The van der Waals surface area contributed by atoms with Crippen LogP contribution < -0.4 is 15.8 Å². The molecular formula is C18H18N4O. The van der Waals surface area contributed by atoms with Gasteiger partial charge < -0.3 is 15.8 Å². The molecule has 0 atom stereocenters. The zero-order chi connectivity index (χ0) is 15.6. The first kappa shape index (κ1) is 13.8. The quantitative estimate of drug-likeness (QED) is 0.701. The Morgan fingerprint density at radius 2 is 1.91 bits per heavy atom. The van der Waals surface area contributed by atoms with Crippen LogP contribution in [0.3, 0.4) is 0 Å². The van der Waals surface area contributed by atoms with Gasteiger partial charge in [-0.1, -0.05) is 24.3 Å². The van der Waals surface area contributed by atoms with Crippen molar-refractivity contribution in [2.75, 3.05) is 17.6 Å². The van der Waals surface area contributed by atoms with Crippen molar-refractivity contribution in [1.82, 2.24) is 9.97 Å². The van der Waals surface area contributed by atoms with Crippen molar-refractivity contribution in [3.63, 3.8) is 0 Å². The first-order valence-electron chi connectivity index (χ1n) is 7.81. The molecule has 1 aliphatic rings. The van der Waals surface area contributed by atoms with E-state index >= 15 is 0 Å². The third-order valence-corrected chi connectivity index (χ3v) is 4.01. The summed E-state index contributed by atoms with van der Waals surface area (Å²) < 4.78 is 5.96. The highest BCUT2D eigenvalue weighted by Gasteiger charge is 2.21. The monoisotopic (exact) mass is 306 g/mol. The van der Waals surface area contributed by atoms with E-state index in [1.165, 1.54) is 12.8 Å². The van der Waals surface area contributed by atoms with Crippen LogP contribution in [0.2, 0.25) is 0 Å². The van der Waals surface area contributed by atoms with Crippen molar-refractivity contribution in [1.29, 1.82) is 0 Å². The first-order valence-corrected chi connectivity index (χ1v) is 7.81. The molecule has 116 valence electrons. The molecule has 1 fully saturated rings. The van der Waals surface area contributed by atoms with Crippen LogP contribution in [-0.4, -0.2) is 16.5 Å². The van der Waals surface area contributed by atoms with Gasteiger partial charge in [-0.2, -0.15) is 4.98 Å². The molecule has 1 aliphatic carbocycles. The maximum absolute atomic E-state index is 6.03. The lowest BCUT2D eigenvalue weighted by molar-refractivity contribution is 0.467. The summed E-state index contributed by atoms with van der Waals surface area (Å²) in [6.45, 7) is 0.925. The lowest BCUT2D eigenvalue weighted by atomic mass is 10.1. The van der Waals surface area contributed by atoms with E-state index < -0.39 is 0 Å². The Kier molecular flexibility index (Phi) is 3.46. The number of aromatic nitrogens is 2. The van der Waals surface area contributed by atoms with Crippen LogP contribution in [0.4, 0.5) is 11.6 Å². The molecule has 1 heterocycles. The molecule has 5 heteroatoms. The minimum Gasteiger partial charge on any atom is -0.438 e. The molecule has 3 N–H and O–H groups in total. The second-order valence-electron chi connectivity index (χ2n) is 5.84.